The Kier molecular flexibility index (Phi) is 5.12. The van der Waals surface area contributed by atoms with Crippen LogP contribution in [0.1, 0.15) is 12.1 Å². The number of carbonyl (C=O) groups is 2. The first-order valence-corrected chi connectivity index (χ1v) is 5.39. The summed E-state index contributed by atoms with van der Waals surface area (Å²) in [5.74, 6) is -1.18. The molecule has 2 amide bonds. The molecule has 1 aromatic rings. The Balaban J connectivity index is 2.41. The molecule has 0 aliphatic rings. The average Bonchev–Trinajstić information content (AvgIpc) is 2.71. The molecule has 0 saturated heterocycles. The molecule has 0 saturated carbocycles. The molecule has 0 bridgehead atoms. The largest absolute Gasteiger partial charge is 0.480 e. The third-order valence-electron chi connectivity index (χ3n) is 2.37. The zero-order chi connectivity index (χ0) is 13.5. The molecule has 0 aliphatic carbocycles. The van der Waals surface area contributed by atoms with Crippen LogP contribution < -0.4 is 10.6 Å². The van der Waals surface area contributed by atoms with Crippen LogP contribution in [0.2, 0.25) is 0 Å². The molecule has 100 valence electrons. The molecule has 8 nitrogen and oxygen atoms in total. The maximum Gasteiger partial charge on any atom is 0.326 e. The van der Waals surface area contributed by atoms with Gasteiger partial charge in [-0.1, -0.05) is 0 Å². The van der Waals surface area contributed by atoms with E-state index in [1.54, 1.807) is 24.0 Å². The van der Waals surface area contributed by atoms with Crippen molar-refractivity contribution in [3.63, 3.8) is 0 Å². The maximum absolute atomic E-state index is 11.4. The summed E-state index contributed by atoms with van der Waals surface area (Å²) in [7, 11) is 1.74. The van der Waals surface area contributed by atoms with Gasteiger partial charge in [0.1, 0.15) is 6.04 Å². The number of aliphatic carboxylic acids is 1. The number of nitrogens with zero attached hydrogens (tertiary/aromatic N) is 2. The van der Waals surface area contributed by atoms with Crippen molar-refractivity contribution in [2.75, 3.05) is 6.61 Å². The number of nitrogens with one attached hydrogen (secondary N) is 2. The summed E-state index contributed by atoms with van der Waals surface area (Å²) in [6, 6.07) is 0.0430. The third kappa shape index (κ3) is 4.06. The summed E-state index contributed by atoms with van der Waals surface area (Å²) >= 11 is 0. The Morgan fingerprint density at radius 3 is 2.78 bits per heavy atom. The van der Waals surface area contributed by atoms with Crippen LogP contribution in [0.3, 0.4) is 0 Å². The Labute approximate surface area is 104 Å². The highest BCUT2D eigenvalue weighted by atomic mass is 16.4. The molecular weight excluding hydrogens is 240 g/mol. The first-order chi connectivity index (χ1) is 8.54. The minimum Gasteiger partial charge on any atom is -0.480 e. The fourth-order valence-corrected chi connectivity index (χ4v) is 1.34. The van der Waals surface area contributed by atoms with Gasteiger partial charge in [-0.2, -0.15) is 5.10 Å². The van der Waals surface area contributed by atoms with Crippen molar-refractivity contribution in [3.05, 3.63) is 18.0 Å². The lowest BCUT2D eigenvalue weighted by Crippen LogP contribution is -2.46. The van der Waals surface area contributed by atoms with Crippen LogP contribution in [0.5, 0.6) is 0 Å². The standard InChI is InChI=1S/C10H16N4O4/c1-14-7(2-4-12-14)6-11-10(18)13-8(3-5-15)9(16)17/h2,4,8,15H,3,5-6H2,1H3,(H,16,17)(H2,11,13,18)/t8-/m1/s1. The van der Waals surface area contributed by atoms with E-state index in [4.69, 9.17) is 10.2 Å². The summed E-state index contributed by atoms with van der Waals surface area (Å²) in [6.07, 6.45) is 1.56. The monoisotopic (exact) mass is 256 g/mol. The normalized spacial score (nSPS) is 11.9. The van der Waals surface area contributed by atoms with Crippen molar-refractivity contribution < 1.29 is 19.8 Å². The number of hydrogen-bond donors (Lipinski definition) is 4. The Bertz CT molecular complexity index is 418. The zero-order valence-corrected chi connectivity index (χ0v) is 9.96. The van der Waals surface area contributed by atoms with Gasteiger partial charge in [0, 0.05) is 26.3 Å². The minimum atomic E-state index is -1.18. The van der Waals surface area contributed by atoms with E-state index in [0.29, 0.717) is 0 Å². The van der Waals surface area contributed by atoms with Crippen molar-refractivity contribution in [3.8, 4) is 0 Å². The van der Waals surface area contributed by atoms with Crippen molar-refractivity contribution in [1.29, 1.82) is 0 Å². The number of amides is 2. The number of carbonyl (C=O) groups excluding carboxylic acids is 1. The quantitative estimate of drug-likeness (QED) is 0.524. The van der Waals surface area contributed by atoms with E-state index in [9.17, 15) is 9.59 Å². The molecule has 4 N–H and O–H groups in total. The van der Waals surface area contributed by atoms with Gasteiger partial charge in [-0.05, 0) is 6.07 Å². The van der Waals surface area contributed by atoms with Crippen molar-refractivity contribution >= 4 is 12.0 Å². The van der Waals surface area contributed by atoms with Gasteiger partial charge in [0.25, 0.3) is 0 Å². The van der Waals surface area contributed by atoms with Crippen LogP contribution >= 0.6 is 0 Å². The van der Waals surface area contributed by atoms with Crippen LogP contribution in [0.15, 0.2) is 12.3 Å². The van der Waals surface area contributed by atoms with E-state index in [1.165, 1.54) is 0 Å². The SMILES string of the molecule is Cn1nccc1CNC(=O)N[C@H](CCO)C(=O)O. The van der Waals surface area contributed by atoms with E-state index in [1.807, 2.05) is 0 Å². The highest BCUT2D eigenvalue weighted by molar-refractivity contribution is 5.82. The molecule has 0 fully saturated rings. The van der Waals surface area contributed by atoms with E-state index in [0.717, 1.165) is 5.69 Å². The molecular formula is C10H16N4O4. The predicted molar refractivity (Wildman–Crippen MR) is 61.7 cm³/mol. The molecule has 0 aromatic carbocycles. The summed E-state index contributed by atoms with van der Waals surface area (Å²) in [6.45, 7) is -0.0627. The smallest absolute Gasteiger partial charge is 0.326 e. The Morgan fingerprint density at radius 2 is 2.28 bits per heavy atom. The second kappa shape index (κ2) is 6.60. The van der Waals surface area contributed by atoms with E-state index < -0.39 is 18.0 Å². The Hall–Kier alpha value is -2.09. The fraction of sp³-hybridized carbons (Fsp3) is 0.500. The van der Waals surface area contributed by atoms with Crippen LogP contribution in [0.25, 0.3) is 0 Å². The number of urea groups is 1. The van der Waals surface area contributed by atoms with Crippen LogP contribution in [-0.4, -0.2) is 44.6 Å². The number of aryl methyl sites for hydroxylation is 1. The molecule has 1 rings (SSSR count). The molecule has 0 spiro atoms. The lowest BCUT2D eigenvalue weighted by Gasteiger charge is -2.13. The molecule has 1 heterocycles. The molecule has 0 unspecified atom stereocenters. The topological polar surface area (TPSA) is 116 Å². The molecule has 0 aliphatic heterocycles. The van der Waals surface area contributed by atoms with Gasteiger partial charge in [-0.25, -0.2) is 9.59 Å². The van der Waals surface area contributed by atoms with E-state index in [-0.39, 0.29) is 19.6 Å². The summed E-state index contributed by atoms with van der Waals surface area (Å²) < 4.78 is 1.60. The van der Waals surface area contributed by atoms with Crippen molar-refractivity contribution in [2.24, 2.45) is 7.05 Å². The fourth-order valence-electron chi connectivity index (χ4n) is 1.34. The van der Waals surface area contributed by atoms with E-state index in [2.05, 4.69) is 15.7 Å². The van der Waals surface area contributed by atoms with Crippen molar-refractivity contribution in [2.45, 2.75) is 19.0 Å². The second-order valence-electron chi connectivity index (χ2n) is 3.68. The van der Waals surface area contributed by atoms with Gasteiger partial charge in [0.15, 0.2) is 0 Å². The highest BCUT2D eigenvalue weighted by Gasteiger charge is 2.18. The number of rotatable bonds is 6. The van der Waals surface area contributed by atoms with Crippen molar-refractivity contribution in [1.82, 2.24) is 20.4 Å². The first kappa shape index (κ1) is 14.0. The van der Waals surface area contributed by atoms with Gasteiger partial charge >= 0.3 is 12.0 Å². The third-order valence-corrected chi connectivity index (χ3v) is 2.37. The number of hydrogen-bond acceptors (Lipinski definition) is 4. The minimum absolute atomic E-state index is 0.0333. The van der Waals surface area contributed by atoms with Gasteiger partial charge in [-0.3, -0.25) is 4.68 Å². The maximum atomic E-state index is 11.4. The number of carboxylic acids is 1. The van der Waals surface area contributed by atoms with Gasteiger partial charge in [0.2, 0.25) is 0 Å². The van der Waals surface area contributed by atoms with Gasteiger partial charge < -0.3 is 20.8 Å². The second-order valence-corrected chi connectivity index (χ2v) is 3.68. The van der Waals surface area contributed by atoms with Crippen LogP contribution in [0, 0.1) is 0 Å². The molecule has 1 aromatic heterocycles. The average molecular weight is 256 g/mol. The van der Waals surface area contributed by atoms with Gasteiger partial charge in [-0.15, -0.1) is 0 Å². The Morgan fingerprint density at radius 1 is 1.56 bits per heavy atom. The van der Waals surface area contributed by atoms with Crippen LogP contribution in [0.4, 0.5) is 4.79 Å². The molecule has 8 heteroatoms. The van der Waals surface area contributed by atoms with Crippen LogP contribution in [-0.2, 0) is 18.4 Å². The van der Waals surface area contributed by atoms with Gasteiger partial charge in [0.05, 0.1) is 12.2 Å². The summed E-state index contributed by atoms with van der Waals surface area (Å²) in [5.41, 5.74) is 0.791. The molecule has 1 atom stereocenters. The number of aromatic nitrogens is 2. The first-order valence-electron chi connectivity index (χ1n) is 5.39. The predicted octanol–water partition coefficient (Wildman–Crippen LogP) is -0.945. The summed E-state index contributed by atoms with van der Waals surface area (Å²) in [5, 5.41) is 26.2. The highest BCUT2D eigenvalue weighted by Crippen LogP contribution is 1.95. The van der Waals surface area contributed by atoms with E-state index >= 15 is 0 Å². The summed E-state index contributed by atoms with van der Waals surface area (Å²) in [4.78, 5) is 22.2. The number of carboxylic acid groups (broad SMARTS) is 1. The zero-order valence-electron chi connectivity index (χ0n) is 9.96. The number of aliphatic hydroxyl groups excluding tert-OH is 1. The lowest BCUT2D eigenvalue weighted by atomic mass is 10.2. The molecule has 0 radical (unpaired) electrons. The lowest BCUT2D eigenvalue weighted by molar-refractivity contribution is -0.139. The molecule has 18 heavy (non-hydrogen) atoms. The number of aliphatic hydroxyl groups is 1.